The highest BCUT2D eigenvalue weighted by atomic mass is 16.5. The summed E-state index contributed by atoms with van der Waals surface area (Å²) in [6.07, 6.45) is 2.81. The van der Waals surface area contributed by atoms with Gasteiger partial charge in [-0.05, 0) is 17.8 Å². The van der Waals surface area contributed by atoms with Gasteiger partial charge in [-0.25, -0.2) is 9.97 Å². The monoisotopic (exact) mass is 207 g/mol. The largest absolute Gasteiger partial charge is 0.481 e. The first kappa shape index (κ1) is 10.2. The number of methoxy groups -OCH3 is 1. The molecule has 1 saturated carbocycles. The number of rotatable bonds is 4. The normalized spacial score (nSPS) is 22.2. The van der Waals surface area contributed by atoms with E-state index >= 15 is 0 Å². The number of hydrogen-bond acceptors (Lipinski definition) is 4. The molecule has 82 valence electrons. The average molecular weight is 207 g/mol. The standard InChI is InChI=1S/C11H17N3O/c1-11(2)5-8(11)6-12-9-4-10(15-3)14-7-13-9/h4,7-8H,5-6H2,1-3H3,(H,12,13,14). The fourth-order valence-electron chi connectivity index (χ4n) is 1.70. The van der Waals surface area contributed by atoms with Crippen LogP contribution >= 0.6 is 0 Å². The summed E-state index contributed by atoms with van der Waals surface area (Å²) in [4.78, 5) is 8.09. The van der Waals surface area contributed by atoms with E-state index < -0.39 is 0 Å². The zero-order chi connectivity index (χ0) is 10.9. The lowest BCUT2D eigenvalue weighted by molar-refractivity contribution is 0.397. The first-order chi connectivity index (χ1) is 7.12. The van der Waals surface area contributed by atoms with Crippen LogP contribution in [0, 0.1) is 11.3 Å². The molecule has 0 amide bonds. The fourth-order valence-corrected chi connectivity index (χ4v) is 1.70. The van der Waals surface area contributed by atoms with Gasteiger partial charge < -0.3 is 10.1 Å². The van der Waals surface area contributed by atoms with Crippen molar-refractivity contribution in [3.63, 3.8) is 0 Å². The topological polar surface area (TPSA) is 47.0 Å². The van der Waals surface area contributed by atoms with Gasteiger partial charge in [0.2, 0.25) is 5.88 Å². The SMILES string of the molecule is COc1cc(NCC2CC2(C)C)ncn1. The van der Waals surface area contributed by atoms with Crippen molar-refractivity contribution in [2.75, 3.05) is 19.0 Å². The van der Waals surface area contributed by atoms with E-state index in [0.717, 1.165) is 18.3 Å². The number of aromatic nitrogens is 2. The Kier molecular flexibility index (Phi) is 2.50. The van der Waals surface area contributed by atoms with E-state index in [1.54, 1.807) is 7.11 Å². The molecule has 1 aliphatic rings. The summed E-state index contributed by atoms with van der Waals surface area (Å²) in [6, 6.07) is 1.81. The van der Waals surface area contributed by atoms with Gasteiger partial charge in [0.05, 0.1) is 7.11 Å². The third-order valence-electron chi connectivity index (χ3n) is 3.10. The third-order valence-corrected chi connectivity index (χ3v) is 3.10. The Morgan fingerprint density at radius 2 is 2.27 bits per heavy atom. The van der Waals surface area contributed by atoms with Gasteiger partial charge in [-0.3, -0.25) is 0 Å². The van der Waals surface area contributed by atoms with Crippen LogP contribution < -0.4 is 10.1 Å². The second-order valence-electron chi connectivity index (χ2n) is 4.72. The Morgan fingerprint density at radius 3 is 2.87 bits per heavy atom. The van der Waals surface area contributed by atoms with Crippen molar-refractivity contribution >= 4 is 5.82 Å². The predicted molar refractivity (Wildman–Crippen MR) is 59.0 cm³/mol. The number of nitrogens with one attached hydrogen (secondary N) is 1. The smallest absolute Gasteiger partial charge is 0.218 e. The van der Waals surface area contributed by atoms with Crippen LogP contribution in [0.15, 0.2) is 12.4 Å². The van der Waals surface area contributed by atoms with Crippen LogP contribution in [0.5, 0.6) is 5.88 Å². The van der Waals surface area contributed by atoms with Gasteiger partial charge in [-0.2, -0.15) is 0 Å². The predicted octanol–water partition coefficient (Wildman–Crippen LogP) is 1.94. The van der Waals surface area contributed by atoms with Crippen molar-refractivity contribution in [2.24, 2.45) is 11.3 Å². The minimum absolute atomic E-state index is 0.504. The molecule has 1 N–H and O–H groups in total. The van der Waals surface area contributed by atoms with Gasteiger partial charge in [0, 0.05) is 12.6 Å². The van der Waals surface area contributed by atoms with Crippen LogP contribution in [0.2, 0.25) is 0 Å². The van der Waals surface area contributed by atoms with Crippen molar-refractivity contribution in [1.29, 1.82) is 0 Å². The minimum atomic E-state index is 0.504. The third kappa shape index (κ3) is 2.37. The van der Waals surface area contributed by atoms with Crippen molar-refractivity contribution in [3.8, 4) is 5.88 Å². The highest BCUT2D eigenvalue weighted by Gasteiger charge is 2.44. The van der Waals surface area contributed by atoms with Gasteiger partial charge in [0.15, 0.2) is 0 Å². The Morgan fingerprint density at radius 1 is 1.53 bits per heavy atom. The van der Waals surface area contributed by atoms with E-state index in [2.05, 4.69) is 29.1 Å². The first-order valence-electron chi connectivity index (χ1n) is 5.22. The van der Waals surface area contributed by atoms with Crippen LogP contribution in [-0.2, 0) is 0 Å². The summed E-state index contributed by atoms with van der Waals surface area (Å²) in [5.74, 6) is 2.20. The van der Waals surface area contributed by atoms with Gasteiger partial charge in [-0.1, -0.05) is 13.8 Å². The molecule has 0 aliphatic heterocycles. The molecule has 4 nitrogen and oxygen atoms in total. The first-order valence-corrected chi connectivity index (χ1v) is 5.22. The number of ether oxygens (including phenoxy) is 1. The molecule has 1 fully saturated rings. The summed E-state index contributed by atoms with van der Waals surface area (Å²) >= 11 is 0. The zero-order valence-corrected chi connectivity index (χ0v) is 9.45. The molecule has 0 saturated heterocycles. The van der Waals surface area contributed by atoms with E-state index in [1.807, 2.05) is 6.07 Å². The second-order valence-corrected chi connectivity index (χ2v) is 4.72. The molecule has 0 spiro atoms. The molecule has 0 aromatic carbocycles. The van der Waals surface area contributed by atoms with Gasteiger partial charge in [0.25, 0.3) is 0 Å². The Bertz CT molecular complexity index is 351. The molecule has 1 heterocycles. The maximum Gasteiger partial charge on any atom is 0.218 e. The molecule has 4 heteroatoms. The zero-order valence-electron chi connectivity index (χ0n) is 9.45. The summed E-state index contributed by atoms with van der Waals surface area (Å²) in [7, 11) is 1.61. The fraction of sp³-hybridized carbons (Fsp3) is 0.636. The highest BCUT2D eigenvalue weighted by molar-refractivity contribution is 5.37. The summed E-state index contributed by atoms with van der Waals surface area (Å²) in [6.45, 7) is 5.56. The quantitative estimate of drug-likeness (QED) is 0.819. The molecule has 2 rings (SSSR count). The van der Waals surface area contributed by atoms with E-state index in [-0.39, 0.29) is 0 Å². The van der Waals surface area contributed by atoms with Crippen LogP contribution in [0.4, 0.5) is 5.82 Å². The average Bonchev–Trinajstić information content (AvgIpc) is 2.84. The van der Waals surface area contributed by atoms with Crippen molar-refractivity contribution in [3.05, 3.63) is 12.4 Å². The molecule has 0 radical (unpaired) electrons. The van der Waals surface area contributed by atoms with Crippen molar-refractivity contribution in [1.82, 2.24) is 9.97 Å². The summed E-state index contributed by atoms with van der Waals surface area (Å²) < 4.78 is 5.03. The Labute approximate surface area is 90.1 Å². The van der Waals surface area contributed by atoms with Crippen LogP contribution in [-0.4, -0.2) is 23.6 Å². The molecule has 1 aromatic heterocycles. The van der Waals surface area contributed by atoms with Gasteiger partial charge >= 0.3 is 0 Å². The maximum absolute atomic E-state index is 5.03. The lowest BCUT2D eigenvalue weighted by Crippen LogP contribution is -2.08. The van der Waals surface area contributed by atoms with Crippen LogP contribution in [0.1, 0.15) is 20.3 Å². The minimum Gasteiger partial charge on any atom is -0.481 e. The van der Waals surface area contributed by atoms with Crippen LogP contribution in [0.3, 0.4) is 0 Å². The van der Waals surface area contributed by atoms with E-state index in [9.17, 15) is 0 Å². The number of hydrogen-bond donors (Lipinski definition) is 1. The molecule has 1 atom stereocenters. The molecular weight excluding hydrogens is 190 g/mol. The second kappa shape index (κ2) is 3.68. The van der Waals surface area contributed by atoms with E-state index in [0.29, 0.717) is 11.3 Å². The number of nitrogens with zero attached hydrogens (tertiary/aromatic N) is 2. The lowest BCUT2D eigenvalue weighted by atomic mass is 10.1. The van der Waals surface area contributed by atoms with Crippen LogP contribution in [0.25, 0.3) is 0 Å². The Balaban J connectivity index is 1.88. The lowest BCUT2D eigenvalue weighted by Gasteiger charge is -2.07. The number of anilines is 1. The van der Waals surface area contributed by atoms with Gasteiger partial charge in [0.1, 0.15) is 12.1 Å². The molecule has 1 unspecified atom stereocenters. The Hall–Kier alpha value is -1.32. The van der Waals surface area contributed by atoms with Crippen molar-refractivity contribution in [2.45, 2.75) is 20.3 Å². The molecule has 0 bridgehead atoms. The molecule has 1 aliphatic carbocycles. The van der Waals surface area contributed by atoms with Gasteiger partial charge in [-0.15, -0.1) is 0 Å². The molecule has 15 heavy (non-hydrogen) atoms. The summed E-state index contributed by atoms with van der Waals surface area (Å²) in [5.41, 5.74) is 0.504. The maximum atomic E-state index is 5.03. The summed E-state index contributed by atoms with van der Waals surface area (Å²) in [5, 5.41) is 3.31. The van der Waals surface area contributed by atoms with E-state index in [1.165, 1.54) is 12.7 Å². The van der Waals surface area contributed by atoms with Crippen molar-refractivity contribution < 1.29 is 4.74 Å². The molecular formula is C11H17N3O. The molecule has 1 aromatic rings. The van der Waals surface area contributed by atoms with E-state index in [4.69, 9.17) is 4.74 Å². The highest BCUT2D eigenvalue weighted by Crippen LogP contribution is 2.51.